The average molecular weight is 420 g/mol. The van der Waals surface area contributed by atoms with Gasteiger partial charge in [0.05, 0.1) is 4.90 Å². The van der Waals surface area contributed by atoms with E-state index in [1.807, 2.05) is 79.7 Å². The molecule has 5 heteroatoms. The van der Waals surface area contributed by atoms with Crippen LogP contribution in [0.3, 0.4) is 0 Å². The number of hydrogen-bond donors (Lipinski definition) is 0. The summed E-state index contributed by atoms with van der Waals surface area (Å²) >= 11 is 0. The maximum absolute atomic E-state index is 13.1. The van der Waals surface area contributed by atoms with Gasteiger partial charge in [-0.3, -0.25) is 0 Å². The van der Waals surface area contributed by atoms with Crippen molar-refractivity contribution in [3.8, 4) is 0 Å². The molecule has 0 fully saturated rings. The van der Waals surface area contributed by atoms with Crippen molar-refractivity contribution in [2.75, 3.05) is 0 Å². The standard InChI is InChI=1S/C24H21NO2S2/c1-19-14-16-22(17-15-19)29(26,27)25-28(18-20-8-3-2-4-9-20)24-13-7-11-21-10-5-6-12-23(21)24/h2-17H,18H2,1H3. The quantitative estimate of drug-likeness (QED) is 0.404. The summed E-state index contributed by atoms with van der Waals surface area (Å²) < 4.78 is 30.6. The predicted molar refractivity (Wildman–Crippen MR) is 121 cm³/mol. The van der Waals surface area contributed by atoms with Crippen molar-refractivity contribution < 1.29 is 8.42 Å². The molecule has 0 aromatic heterocycles. The van der Waals surface area contributed by atoms with Crippen molar-refractivity contribution in [2.45, 2.75) is 22.5 Å². The number of aryl methyl sites for hydroxylation is 1. The molecule has 146 valence electrons. The van der Waals surface area contributed by atoms with E-state index in [1.165, 1.54) is 0 Å². The molecule has 29 heavy (non-hydrogen) atoms. The van der Waals surface area contributed by atoms with Gasteiger partial charge in [0, 0.05) is 10.6 Å². The van der Waals surface area contributed by atoms with E-state index in [0.717, 1.165) is 26.8 Å². The van der Waals surface area contributed by atoms with E-state index in [2.05, 4.69) is 3.77 Å². The van der Waals surface area contributed by atoms with Gasteiger partial charge >= 0.3 is 0 Å². The highest BCUT2D eigenvalue weighted by molar-refractivity contribution is 8.00. The lowest BCUT2D eigenvalue weighted by atomic mass is 10.1. The number of nitrogens with zero attached hydrogens (tertiary/aromatic N) is 1. The summed E-state index contributed by atoms with van der Waals surface area (Å²) in [6, 6.07) is 30.8. The summed E-state index contributed by atoms with van der Waals surface area (Å²) in [5, 5.41) is 2.12. The number of fused-ring (bicyclic) bond motifs is 1. The van der Waals surface area contributed by atoms with Gasteiger partial charge in [0.1, 0.15) is 0 Å². The van der Waals surface area contributed by atoms with Crippen LogP contribution >= 0.6 is 0 Å². The van der Waals surface area contributed by atoms with Crippen molar-refractivity contribution in [1.29, 1.82) is 0 Å². The first-order valence-corrected chi connectivity index (χ1v) is 12.1. The summed E-state index contributed by atoms with van der Waals surface area (Å²) in [6.45, 7) is 1.93. The van der Waals surface area contributed by atoms with Crippen LogP contribution in [-0.2, 0) is 26.5 Å². The number of rotatable bonds is 5. The second-order valence-electron chi connectivity index (χ2n) is 6.83. The van der Waals surface area contributed by atoms with Crippen LogP contribution in [0.2, 0.25) is 0 Å². The fourth-order valence-electron chi connectivity index (χ4n) is 3.15. The van der Waals surface area contributed by atoms with Crippen molar-refractivity contribution >= 4 is 31.5 Å². The molecular weight excluding hydrogens is 398 g/mol. The topological polar surface area (TPSA) is 46.5 Å². The molecule has 0 spiro atoms. The third kappa shape index (κ3) is 4.47. The predicted octanol–water partition coefficient (Wildman–Crippen LogP) is 5.90. The van der Waals surface area contributed by atoms with Gasteiger partial charge < -0.3 is 0 Å². The molecule has 1 unspecified atom stereocenters. The highest BCUT2D eigenvalue weighted by Crippen LogP contribution is 2.27. The lowest BCUT2D eigenvalue weighted by molar-refractivity contribution is 0.598. The molecule has 0 aliphatic rings. The first kappa shape index (κ1) is 19.6. The molecule has 0 amide bonds. The van der Waals surface area contributed by atoms with E-state index in [4.69, 9.17) is 0 Å². The van der Waals surface area contributed by atoms with E-state index < -0.39 is 20.7 Å². The molecule has 0 N–H and O–H groups in total. The van der Waals surface area contributed by atoms with Crippen molar-refractivity contribution in [3.63, 3.8) is 0 Å². The zero-order chi connectivity index (χ0) is 20.3. The van der Waals surface area contributed by atoms with Crippen LogP contribution < -0.4 is 0 Å². The number of benzene rings is 4. The van der Waals surface area contributed by atoms with E-state index in [0.29, 0.717) is 5.75 Å². The lowest BCUT2D eigenvalue weighted by Crippen LogP contribution is -2.04. The summed E-state index contributed by atoms with van der Waals surface area (Å²) in [4.78, 5) is 1.18. The van der Waals surface area contributed by atoms with Gasteiger partial charge in [0.25, 0.3) is 10.0 Å². The Morgan fingerprint density at radius 3 is 2.17 bits per heavy atom. The van der Waals surface area contributed by atoms with E-state index in [9.17, 15) is 8.42 Å². The van der Waals surface area contributed by atoms with Crippen LogP contribution in [-0.4, -0.2) is 8.42 Å². The number of sulfonamides is 1. The van der Waals surface area contributed by atoms with E-state index in [1.54, 1.807) is 24.3 Å². The maximum Gasteiger partial charge on any atom is 0.288 e. The van der Waals surface area contributed by atoms with Crippen LogP contribution in [0.1, 0.15) is 11.1 Å². The Balaban J connectivity index is 1.88. The molecule has 0 bridgehead atoms. The minimum absolute atomic E-state index is 0.230. The van der Waals surface area contributed by atoms with Gasteiger partial charge in [-0.2, -0.15) is 8.42 Å². The van der Waals surface area contributed by atoms with Crippen molar-refractivity contribution in [1.82, 2.24) is 0 Å². The fourth-order valence-corrected chi connectivity index (χ4v) is 6.79. The van der Waals surface area contributed by atoms with Crippen LogP contribution in [0.4, 0.5) is 0 Å². The molecule has 0 aliphatic carbocycles. The average Bonchev–Trinajstić information content (AvgIpc) is 2.74. The summed E-state index contributed by atoms with van der Waals surface area (Å²) in [6.07, 6.45) is 0. The van der Waals surface area contributed by atoms with Gasteiger partial charge in [0.2, 0.25) is 0 Å². The second kappa shape index (κ2) is 8.31. The zero-order valence-electron chi connectivity index (χ0n) is 16.0. The van der Waals surface area contributed by atoms with Crippen LogP contribution in [0.25, 0.3) is 10.8 Å². The third-order valence-corrected chi connectivity index (χ3v) is 8.50. The maximum atomic E-state index is 13.1. The van der Waals surface area contributed by atoms with Crippen LogP contribution in [0, 0.1) is 6.92 Å². The molecular formula is C24H21NO2S2. The molecule has 0 saturated carbocycles. The number of hydrogen-bond acceptors (Lipinski definition) is 2. The Labute approximate surface area is 174 Å². The van der Waals surface area contributed by atoms with Crippen LogP contribution in [0.15, 0.2) is 111 Å². The van der Waals surface area contributed by atoms with E-state index >= 15 is 0 Å². The Morgan fingerprint density at radius 1 is 0.759 bits per heavy atom. The molecule has 4 aromatic carbocycles. The van der Waals surface area contributed by atoms with Crippen molar-refractivity contribution in [2.24, 2.45) is 3.77 Å². The van der Waals surface area contributed by atoms with Gasteiger partial charge in [-0.05, 0) is 52.2 Å². The molecule has 0 radical (unpaired) electrons. The summed E-state index contributed by atoms with van der Waals surface area (Å²) in [7, 11) is -4.63. The largest absolute Gasteiger partial charge is 0.288 e. The van der Waals surface area contributed by atoms with Gasteiger partial charge in [-0.15, -0.1) is 3.77 Å². The Hall–Kier alpha value is -2.76. The van der Waals surface area contributed by atoms with Gasteiger partial charge in [-0.1, -0.05) is 84.4 Å². The van der Waals surface area contributed by atoms with E-state index in [-0.39, 0.29) is 4.90 Å². The molecule has 4 rings (SSSR count). The minimum atomic E-state index is -3.78. The van der Waals surface area contributed by atoms with Gasteiger partial charge in [-0.25, -0.2) is 0 Å². The summed E-state index contributed by atoms with van der Waals surface area (Å²) in [5.74, 6) is 0.542. The fraction of sp³-hybridized carbons (Fsp3) is 0.0833. The summed E-state index contributed by atoms with van der Waals surface area (Å²) in [5.41, 5.74) is 2.08. The molecule has 0 aliphatic heterocycles. The van der Waals surface area contributed by atoms with Gasteiger partial charge in [0.15, 0.2) is 0 Å². The monoisotopic (exact) mass is 419 g/mol. The second-order valence-corrected chi connectivity index (χ2v) is 10.3. The normalized spacial score (nSPS) is 12.9. The highest BCUT2D eigenvalue weighted by atomic mass is 32.3. The third-order valence-electron chi connectivity index (χ3n) is 4.66. The SMILES string of the molecule is Cc1ccc(S(=O)(=O)/N=S(\Cc2ccccc2)c2cccc3ccccc23)cc1. The minimum Gasteiger partial charge on any atom is -0.199 e. The molecule has 0 heterocycles. The Morgan fingerprint density at radius 2 is 1.41 bits per heavy atom. The van der Waals surface area contributed by atoms with Crippen LogP contribution in [0.5, 0.6) is 0 Å². The lowest BCUT2D eigenvalue weighted by Gasteiger charge is -2.12. The molecule has 1 atom stereocenters. The first-order valence-electron chi connectivity index (χ1n) is 9.30. The molecule has 3 nitrogen and oxygen atoms in total. The zero-order valence-corrected chi connectivity index (χ0v) is 17.7. The first-order chi connectivity index (χ1) is 14.0. The molecule has 4 aromatic rings. The molecule has 0 saturated heterocycles. The van der Waals surface area contributed by atoms with Crippen molar-refractivity contribution in [3.05, 3.63) is 108 Å². The smallest absolute Gasteiger partial charge is 0.199 e. The highest BCUT2D eigenvalue weighted by Gasteiger charge is 2.16. The Kier molecular flexibility index (Phi) is 5.60. The Bertz CT molecular complexity index is 1270.